The van der Waals surface area contributed by atoms with Crippen molar-refractivity contribution in [3.63, 3.8) is 0 Å². The fourth-order valence-corrected chi connectivity index (χ4v) is 2.09. The van der Waals surface area contributed by atoms with Crippen molar-refractivity contribution in [2.24, 2.45) is 0 Å². The van der Waals surface area contributed by atoms with Crippen LogP contribution in [0.5, 0.6) is 5.75 Å². The lowest BCUT2D eigenvalue weighted by Crippen LogP contribution is -2.41. The summed E-state index contributed by atoms with van der Waals surface area (Å²) < 4.78 is 10.3. The Hall–Kier alpha value is -2.52. The second-order valence-electron chi connectivity index (χ2n) is 4.80. The van der Waals surface area contributed by atoms with E-state index in [2.05, 4.69) is 5.32 Å². The summed E-state index contributed by atoms with van der Waals surface area (Å²) in [6.07, 6.45) is 1.47. The number of hydrogen-bond acceptors (Lipinski definition) is 5. The van der Waals surface area contributed by atoms with Crippen molar-refractivity contribution < 1.29 is 14.3 Å². The number of nitrogens with one attached hydrogen (secondary N) is 1. The van der Waals surface area contributed by atoms with Crippen LogP contribution in [-0.4, -0.2) is 44.2 Å². The summed E-state index contributed by atoms with van der Waals surface area (Å²) in [5.74, 6) is 0.535. The summed E-state index contributed by atoms with van der Waals surface area (Å²) in [5, 5.41) is 12.1. The molecular weight excluding hydrogens is 282 g/mol. The van der Waals surface area contributed by atoms with Gasteiger partial charge in [0.15, 0.2) is 0 Å². The molecule has 1 aliphatic rings. The molecule has 2 rings (SSSR count). The molecule has 22 heavy (non-hydrogen) atoms. The monoisotopic (exact) mass is 301 g/mol. The normalized spacial score (nSPS) is 15.1. The van der Waals surface area contributed by atoms with Gasteiger partial charge in [-0.3, -0.25) is 4.79 Å². The number of ether oxygens (including phenoxy) is 2. The molecule has 1 aromatic rings. The van der Waals surface area contributed by atoms with E-state index in [1.165, 1.54) is 6.20 Å². The molecule has 6 nitrogen and oxygen atoms in total. The number of benzene rings is 1. The second kappa shape index (κ2) is 8.05. The summed E-state index contributed by atoms with van der Waals surface area (Å²) in [4.78, 5) is 13.8. The number of nitrogens with zero attached hydrogens (tertiary/aromatic N) is 2. The van der Waals surface area contributed by atoms with Crippen LogP contribution >= 0.6 is 0 Å². The Kier molecular flexibility index (Phi) is 5.81. The first kappa shape index (κ1) is 15.9. The Morgan fingerprint density at radius 3 is 2.68 bits per heavy atom. The predicted molar refractivity (Wildman–Crippen MR) is 80.9 cm³/mol. The largest absolute Gasteiger partial charge is 0.497 e. The number of carbonyl (C=O) groups excluding carboxylic acids is 1. The summed E-state index contributed by atoms with van der Waals surface area (Å²) in [6, 6.07) is 9.53. The molecule has 1 aromatic carbocycles. The molecule has 1 aliphatic heterocycles. The molecule has 116 valence electrons. The van der Waals surface area contributed by atoms with Crippen LogP contribution in [0.15, 0.2) is 36.0 Å². The molecule has 0 radical (unpaired) electrons. The molecule has 1 heterocycles. The molecule has 0 unspecified atom stereocenters. The van der Waals surface area contributed by atoms with Crippen LogP contribution in [0.3, 0.4) is 0 Å². The number of hydrogen-bond donors (Lipinski definition) is 1. The average molecular weight is 301 g/mol. The molecule has 0 atom stereocenters. The van der Waals surface area contributed by atoms with Crippen molar-refractivity contribution in [2.45, 2.75) is 6.54 Å². The van der Waals surface area contributed by atoms with E-state index in [4.69, 9.17) is 14.7 Å². The highest BCUT2D eigenvalue weighted by molar-refractivity contribution is 5.97. The minimum absolute atomic E-state index is 0.107. The van der Waals surface area contributed by atoms with Crippen molar-refractivity contribution in [1.82, 2.24) is 10.2 Å². The number of carbonyl (C=O) groups is 1. The Morgan fingerprint density at radius 2 is 2.09 bits per heavy atom. The fourth-order valence-electron chi connectivity index (χ4n) is 2.09. The first-order valence-corrected chi connectivity index (χ1v) is 7.08. The molecule has 0 bridgehead atoms. The van der Waals surface area contributed by atoms with E-state index >= 15 is 0 Å². The average Bonchev–Trinajstić information content (AvgIpc) is 2.59. The summed E-state index contributed by atoms with van der Waals surface area (Å²) in [6.45, 7) is 2.62. The lowest BCUT2D eigenvalue weighted by Gasteiger charge is -2.26. The smallest absolute Gasteiger partial charge is 0.266 e. The van der Waals surface area contributed by atoms with Gasteiger partial charge in [0.1, 0.15) is 17.4 Å². The molecule has 0 spiro atoms. The lowest BCUT2D eigenvalue weighted by atomic mass is 10.2. The van der Waals surface area contributed by atoms with Gasteiger partial charge in [-0.2, -0.15) is 5.26 Å². The van der Waals surface area contributed by atoms with Crippen molar-refractivity contribution in [3.8, 4) is 11.8 Å². The van der Waals surface area contributed by atoms with Gasteiger partial charge in [-0.05, 0) is 17.7 Å². The van der Waals surface area contributed by atoms with E-state index in [0.717, 1.165) is 11.3 Å². The number of rotatable bonds is 5. The Bertz CT molecular complexity index is 569. The zero-order chi connectivity index (χ0) is 15.8. The van der Waals surface area contributed by atoms with Gasteiger partial charge in [0.2, 0.25) is 0 Å². The molecule has 0 aromatic heterocycles. The standard InChI is InChI=1S/C16H19N3O3/c1-21-15-4-2-13(3-5-15)11-18-12-14(10-17)16(20)19-6-8-22-9-7-19/h2-5,12,18H,6-9,11H2,1H3/b14-12-. The van der Waals surface area contributed by atoms with Gasteiger partial charge >= 0.3 is 0 Å². The molecule has 1 N–H and O–H groups in total. The summed E-state index contributed by atoms with van der Waals surface area (Å²) >= 11 is 0. The zero-order valence-corrected chi connectivity index (χ0v) is 12.5. The third-order valence-corrected chi connectivity index (χ3v) is 3.36. The van der Waals surface area contributed by atoms with Gasteiger partial charge in [0, 0.05) is 25.8 Å². The first-order valence-electron chi connectivity index (χ1n) is 7.08. The van der Waals surface area contributed by atoms with Crippen LogP contribution in [0.25, 0.3) is 0 Å². The van der Waals surface area contributed by atoms with E-state index in [-0.39, 0.29) is 11.5 Å². The maximum Gasteiger partial charge on any atom is 0.266 e. The van der Waals surface area contributed by atoms with E-state index in [1.54, 1.807) is 12.0 Å². The second-order valence-corrected chi connectivity index (χ2v) is 4.80. The van der Waals surface area contributed by atoms with Crippen LogP contribution in [-0.2, 0) is 16.1 Å². The Balaban J connectivity index is 1.91. The maximum atomic E-state index is 12.2. The zero-order valence-electron chi connectivity index (χ0n) is 12.5. The van der Waals surface area contributed by atoms with Gasteiger partial charge < -0.3 is 19.7 Å². The van der Waals surface area contributed by atoms with E-state index < -0.39 is 0 Å². The highest BCUT2D eigenvalue weighted by Gasteiger charge is 2.20. The highest BCUT2D eigenvalue weighted by atomic mass is 16.5. The number of nitriles is 1. The van der Waals surface area contributed by atoms with Crippen molar-refractivity contribution in [1.29, 1.82) is 5.26 Å². The Labute approximate surface area is 129 Å². The van der Waals surface area contributed by atoms with Crippen molar-refractivity contribution in [3.05, 3.63) is 41.6 Å². The van der Waals surface area contributed by atoms with Gasteiger partial charge in [0.25, 0.3) is 5.91 Å². The summed E-state index contributed by atoms with van der Waals surface area (Å²) in [5.41, 5.74) is 1.14. The Morgan fingerprint density at radius 1 is 1.41 bits per heavy atom. The number of methoxy groups -OCH3 is 1. The topological polar surface area (TPSA) is 74.6 Å². The SMILES string of the molecule is COc1ccc(CN/C=C(/C#N)C(=O)N2CCOCC2)cc1. The predicted octanol–water partition coefficient (Wildman–Crippen LogP) is 1.05. The van der Waals surface area contributed by atoms with Crippen LogP contribution in [0.1, 0.15) is 5.56 Å². The van der Waals surface area contributed by atoms with E-state index in [9.17, 15) is 4.79 Å². The molecule has 6 heteroatoms. The molecule has 1 saturated heterocycles. The number of morpholine rings is 1. The minimum atomic E-state index is -0.256. The van der Waals surface area contributed by atoms with Gasteiger partial charge in [-0.15, -0.1) is 0 Å². The molecule has 0 aliphatic carbocycles. The van der Waals surface area contributed by atoms with Gasteiger partial charge in [-0.1, -0.05) is 12.1 Å². The highest BCUT2D eigenvalue weighted by Crippen LogP contribution is 2.11. The lowest BCUT2D eigenvalue weighted by molar-refractivity contribution is -0.130. The first-order chi connectivity index (χ1) is 10.7. The van der Waals surface area contributed by atoms with Crippen LogP contribution in [0, 0.1) is 11.3 Å². The van der Waals surface area contributed by atoms with E-state index in [0.29, 0.717) is 32.8 Å². The van der Waals surface area contributed by atoms with Crippen molar-refractivity contribution in [2.75, 3.05) is 33.4 Å². The molecule has 1 amide bonds. The number of amides is 1. The maximum absolute atomic E-state index is 12.2. The quantitative estimate of drug-likeness (QED) is 0.650. The minimum Gasteiger partial charge on any atom is -0.497 e. The van der Waals surface area contributed by atoms with Crippen molar-refractivity contribution >= 4 is 5.91 Å². The van der Waals surface area contributed by atoms with Gasteiger partial charge in [0.05, 0.1) is 20.3 Å². The third-order valence-electron chi connectivity index (χ3n) is 3.36. The molecule has 0 saturated carbocycles. The summed E-state index contributed by atoms with van der Waals surface area (Å²) in [7, 11) is 1.62. The van der Waals surface area contributed by atoms with Crippen LogP contribution in [0.4, 0.5) is 0 Å². The molecule has 1 fully saturated rings. The van der Waals surface area contributed by atoms with E-state index in [1.807, 2.05) is 30.3 Å². The third kappa shape index (κ3) is 4.24. The molecular formula is C16H19N3O3. The van der Waals surface area contributed by atoms with Gasteiger partial charge in [-0.25, -0.2) is 0 Å². The van der Waals surface area contributed by atoms with Crippen LogP contribution < -0.4 is 10.1 Å². The van der Waals surface area contributed by atoms with Crippen LogP contribution in [0.2, 0.25) is 0 Å². The fraction of sp³-hybridized carbons (Fsp3) is 0.375.